The highest BCUT2D eigenvalue weighted by Crippen LogP contribution is 2.28. The maximum atomic E-state index is 5.91. The Morgan fingerprint density at radius 3 is 2.67 bits per heavy atom. The number of ether oxygens (including phenoxy) is 3. The van der Waals surface area contributed by atoms with E-state index in [1.165, 1.54) is 0 Å². The molecule has 102 valence electrons. The fourth-order valence-corrected chi connectivity index (χ4v) is 1.63. The van der Waals surface area contributed by atoms with Gasteiger partial charge in [-0.05, 0) is 19.9 Å². The van der Waals surface area contributed by atoms with E-state index in [0.717, 1.165) is 30.1 Å². The second kappa shape index (κ2) is 7.95. The Morgan fingerprint density at radius 1 is 1.28 bits per heavy atom. The average molecular weight is 253 g/mol. The van der Waals surface area contributed by atoms with Crippen LogP contribution in [0.15, 0.2) is 18.2 Å². The molecule has 4 heteroatoms. The number of nitrogens with two attached hydrogens (primary N) is 1. The standard InChI is InChI=1S/C14H23NO3/c1-4-17-8-5-9-18-14-10-12(16-3)6-7-13(14)11(2)15/h6-7,10-11H,4-5,8-9,15H2,1-3H3/t11-/m0/s1. The summed E-state index contributed by atoms with van der Waals surface area (Å²) in [4.78, 5) is 0. The van der Waals surface area contributed by atoms with Crippen LogP contribution >= 0.6 is 0 Å². The number of methoxy groups -OCH3 is 1. The Kier molecular flexibility index (Phi) is 6.54. The molecule has 0 amide bonds. The fraction of sp³-hybridized carbons (Fsp3) is 0.571. The summed E-state index contributed by atoms with van der Waals surface area (Å²) >= 11 is 0. The van der Waals surface area contributed by atoms with Crippen LogP contribution in [0, 0.1) is 0 Å². The maximum absolute atomic E-state index is 5.91. The van der Waals surface area contributed by atoms with Crippen LogP contribution < -0.4 is 15.2 Å². The molecule has 1 aromatic carbocycles. The zero-order valence-corrected chi connectivity index (χ0v) is 11.4. The molecular weight excluding hydrogens is 230 g/mol. The second-order valence-corrected chi connectivity index (χ2v) is 4.09. The molecule has 0 saturated carbocycles. The molecule has 0 aliphatic heterocycles. The van der Waals surface area contributed by atoms with E-state index in [9.17, 15) is 0 Å². The second-order valence-electron chi connectivity index (χ2n) is 4.09. The van der Waals surface area contributed by atoms with Crippen molar-refractivity contribution in [1.82, 2.24) is 0 Å². The van der Waals surface area contributed by atoms with Gasteiger partial charge < -0.3 is 19.9 Å². The van der Waals surface area contributed by atoms with Gasteiger partial charge in [0.05, 0.1) is 13.7 Å². The Morgan fingerprint density at radius 2 is 2.06 bits per heavy atom. The van der Waals surface area contributed by atoms with Gasteiger partial charge in [-0.3, -0.25) is 0 Å². The summed E-state index contributed by atoms with van der Waals surface area (Å²) in [5.41, 5.74) is 6.91. The van der Waals surface area contributed by atoms with Gasteiger partial charge >= 0.3 is 0 Å². The van der Waals surface area contributed by atoms with E-state index in [2.05, 4.69) is 0 Å². The van der Waals surface area contributed by atoms with Gasteiger partial charge in [0.1, 0.15) is 11.5 Å². The Labute approximate surface area is 109 Å². The van der Waals surface area contributed by atoms with Crippen LogP contribution in [0.4, 0.5) is 0 Å². The summed E-state index contributed by atoms with van der Waals surface area (Å²) in [6.45, 7) is 6.00. The lowest BCUT2D eigenvalue weighted by atomic mass is 10.1. The number of hydrogen-bond acceptors (Lipinski definition) is 4. The lowest BCUT2D eigenvalue weighted by Crippen LogP contribution is -2.10. The molecule has 1 rings (SSSR count). The van der Waals surface area contributed by atoms with Crippen LogP contribution in [0.1, 0.15) is 31.9 Å². The number of hydrogen-bond donors (Lipinski definition) is 1. The molecule has 18 heavy (non-hydrogen) atoms. The molecule has 2 N–H and O–H groups in total. The first-order valence-electron chi connectivity index (χ1n) is 6.33. The Balaban J connectivity index is 2.60. The molecule has 0 unspecified atom stereocenters. The molecule has 0 radical (unpaired) electrons. The largest absolute Gasteiger partial charge is 0.497 e. The highest BCUT2D eigenvalue weighted by Gasteiger charge is 2.09. The summed E-state index contributed by atoms with van der Waals surface area (Å²) in [6, 6.07) is 5.66. The van der Waals surface area contributed by atoms with Gasteiger partial charge in [0.25, 0.3) is 0 Å². The minimum absolute atomic E-state index is 0.0576. The van der Waals surface area contributed by atoms with Gasteiger partial charge in [-0.1, -0.05) is 6.07 Å². The van der Waals surface area contributed by atoms with Crippen molar-refractivity contribution in [3.8, 4) is 11.5 Å². The predicted octanol–water partition coefficient (Wildman–Crippen LogP) is 2.52. The van der Waals surface area contributed by atoms with E-state index in [0.29, 0.717) is 13.2 Å². The molecule has 0 saturated heterocycles. The minimum Gasteiger partial charge on any atom is -0.497 e. The van der Waals surface area contributed by atoms with Gasteiger partial charge in [0.2, 0.25) is 0 Å². The van der Waals surface area contributed by atoms with Crippen LogP contribution in [0.5, 0.6) is 11.5 Å². The van der Waals surface area contributed by atoms with Crippen molar-refractivity contribution >= 4 is 0 Å². The molecule has 1 aromatic rings. The topological polar surface area (TPSA) is 53.7 Å². The van der Waals surface area contributed by atoms with Crippen LogP contribution in [-0.4, -0.2) is 26.9 Å². The third kappa shape index (κ3) is 4.55. The first kappa shape index (κ1) is 14.8. The summed E-state index contributed by atoms with van der Waals surface area (Å²) in [5.74, 6) is 1.57. The van der Waals surface area contributed by atoms with Crippen molar-refractivity contribution in [3.63, 3.8) is 0 Å². The molecule has 0 bridgehead atoms. The smallest absolute Gasteiger partial charge is 0.127 e. The summed E-state index contributed by atoms with van der Waals surface area (Å²) in [6.07, 6.45) is 0.865. The molecule has 0 aliphatic rings. The average Bonchev–Trinajstić information content (AvgIpc) is 2.38. The SMILES string of the molecule is CCOCCCOc1cc(OC)ccc1[C@H](C)N. The Bertz CT molecular complexity index is 353. The number of benzene rings is 1. The number of rotatable bonds is 8. The van der Waals surface area contributed by atoms with E-state index in [4.69, 9.17) is 19.9 Å². The third-order valence-electron chi connectivity index (χ3n) is 2.61. The molecule has 0 fully saturated rings. The molecule has 4 nitrogen and oxygen atoms in total. The molecule has 0 heterocycles. The van der Waals surface area contributed by atoms with Crippen LogP contribution in [0.2, 0.25) is 0 Å². The van der Waals surface area contributed by atoms with Crippen molar-refractivity contribution in [1.29, 1.82) is 0 Å². The predicted molar refractivity (Wildman–Crippen MR) is 72.2 cm³/mol. The van der Waals surface area contributed by atoms with Crippen molar-refractivity contribution in [3.05, 3.63) is 23.8 Å². The van der Waals surface area contributed by atoms with Crippen LogP contribution in [0.25, 0.3) is 0 Å². The van der Waals surface area contributed by atoms with Gasteiger partial charge in [-0.2, -0.15) is 0 Å². The van der Waals surface area contributed by atoms with Crippen LogP contribution in [0.3, 0.4) is 0 Å². The van der Waals surface area contributed by atoms with Crippen LogP contribution in [-0.2, 0) is 4.74 Å². The monoisotopic (exact) mass is 253 g/mol. The van der Waals surface area contributed by atoms with Crippen molar-refractivity contribution in [2.45, 2.75) is 26.3 Å². The van der Waals surface area contributed by atoms with E-state index < -0.39 is 0 Å². The maximum Gasteiger partial charge on any atom is 0.127 e. The molecular formula is C14H23NO3. The van der Waals surface area contributed by atoms with Crippen molar-refractivity contribution in [2.75, 3.05) is 26.9 Å². The lowest BCUT2D eigenvalue weighted by molar-refractivity contribution is 0.130. The van der Waals surface area contributed by atoms with E-state index in [1.807, 2.05) is 32.0 Å². The molecule has 0 spiro atoms. The molecule has 0 aliphatic carbocycles. The first-order valence-corrected chi connectivity index (χ1v) is 6.33. The third-order valence-corrected chi connectivity index (χ3v) is 2.61. The minimum atomic E-state index is -0.0576. The van der Waals surface area contributed by atoms with Gasteiger partial charge in [-0.15, -0.1) is 0 Å². The highest BCUT2D eigenvalue weighted by molar-refractivity contribution is 5.42. The first-order chi connectivity index (χ1) is 8.69. The van der Waals surface area contributed by atoms with E-state index in [-0.39, 0.29) is 6.04 Å². The highest BCUT2D eigenvalue weighted by atomic mass is 16.5. The fourth-order valence-electron chi connectivity index (χ4n) is 1.63. The normalized spacial score (nSPS) is 12.2. The van der Waals surface area contributed by atoms with Gasteiger partial charge in [0, 0.05) is 37.3 Å². The Hall–Kier alpha value is -1.26. The molecule has 0 aromatic heterocycles. The van der Waals surface area contributed by atoms with Gasteiger partial charge in [-0.25, -0.2) is 0 Å². The molecule has 1 atom stereocenters. The lowest BCUT2D eigenvalue weighted by Gasteiger charge is -2.15. The summed E-state index contributed by atoms with van der Waals surface area (Å²) < 4.78 is 16.2. The zero-order chi connectivity index (χ0) is 13.4. The summed E-state index contributed by atoms with van der Waals surface area (Å²) in [5, 5.41) is 0. The van der Waals surface area contributed by atoms with Gasteiger partial charge in [0.15, 0.2) is 0 Å². The zero-order valence-electron chi connectivity index (χ0n) is 11.4. The summed E-state index contributed by atoms with van der Waals surface area (Å²) in [7, 11) is 1.64. The van der Waals surface area contributed by atoms with Crippen molar-refractivity contribution < 1.29 is 14.2 Å². The van der Waals surface area contributed by atoms with Crippen molar-refractivity contribution in [2.24, 2.45) is 5.73 Å². The van der Waals surface area contributed by atoms with E-state index >= 15 is 0 Å². The van der Waals surface area contributed by atoms with E-state index in [1.54, 1.807) is 7.11 Å². The quantitative estimate of drug-likeness (QED) is 0.723.